The van der Waals surface area contributed by atoms with Crippen molar-refractivity contribution in [2.75, 3.05) is 6.61 Å². The van der Waals surface area contributed by atoms with Crippen molar-refractivity contribution in [3.05, 3.63) is 12.2 Å². The number of ether oxygens (including phenoxy) is 1. The Labute approximate surface area is 151 Å². The zero-order valence-corrected chi connectivity index (χ0v) is 16.6. The highest BCUT2D eigenvalue weighted by molar-refractivity contribution is 5.89. The van der Waals surface area contributed by atoms with Gasteiger partial charge in [0.05, 0.1) is 5.54 Å². The Morgan fingerprint density at radius 3 is 1.79 bits per heavy atom. The van der Waals surface area contributed by atoms with E-state index in [4.69, 9.17) is 4.74 Å². The summed E-state index contributed by atoms with van der Waals surface area (Å²) in [5.74, 6) is 0.815. The number of nitrogens with zero attached hydrogens (tertiary/aromatic N) is 1. The van der Waals surface area contributed by atoms with Crippen molar-refractivity contribution in [3.63, 3.8) is 0 Å². The van der Waals surface area contributed by atoms with E-state index < -0.39 is 0 Å². The number of allylic oxidation sites excluding steroid dienone is 1. The van der Waals surface area contributed by atoms with E-state index in [1.807, 2.05) is 0 Å². The van der Waals surface area contributed by atoms with Gasteiger partial charge in [0.2, 0.25) is 5.90 Å². The Morgan fingerprint density at radius 2 is 1.33 bits per heavy atom. The molecule has 0 fully saturated rings. The molecule has 0 amide bonds. The van der Waals surface area contributed by atoms with E-state index in [1.165, 1.54) is 83.5 Å². The highest BCUT2D eigenvalue weighted by atomic mass is 16.5. The lowest BCUT2D eigenvalue weighted by atomic mass is 10.0. The third-order valence-electron chi connectivity index (χ3n) is 4.72. The fraction of sp³-hybridized carbons (Fsp3) is 0.864. The molecule has 2 nitrogen and oxygen atoms in total. The van der Waals surface area contributed by atoms with Crippen molar-refractivity contribution < 1.29 is 4.74 Å². The molecular weight excluding hydrogens is 294 g/mol. The van der Waals surface area contributed by atoms with E-state index in [0.29, 0.717) is 6.61 Å². The third-order valence-corrected chi connectivity index (χ3v) is 4.72. The molecule has 0 aromatic heterocycles. The van der Waals surface area contributed by atoms with Gasteiger partial charge in [-0.05, 0) is 32.8 Å². The van der Waals surface area contributed by atoms with E-state index in [1.54, 1.807) is 0 Å². The standard InChI is InChI=1S/C22H41NO/c1-4-5-6-7-8-9-10-11-12-13-14-15-16-17-18-19-21-23-22(2,3)20-24-21/h18-19H,4-17,20H2,1-3H3/b19-18+. The molecule has 0 N–H and O–H groups in total. The summed E-state index contributed by atoms with van der Waals surface area (Å²) >= 11 is 0. The summed E-state index contributed by atoms with van der Waals surface area (Å²) in [6.07, 6.45) is 23.8. The molecule has 0 aromatic carbocycles. The van der Waals surface area contributed by atoms with Gasteiger partial charge in [0, 0.05) is 0 Å². The predicted octanol–water partition coefficient (Wildman–Crippen LogP) is 7.23. The first-order valence-corrected chi connectivity index (χ1v) is 10.5. The van der Waals surface area contributed by atoms with Crippen molar-refractivity contribution in [2.24, 2.45) is 4.99 Å². The molecule has 1 aliphatic rings. The molecule has 1 rings (SSSR count). The van der Waals surface area contributed by atoms with Crippen LogP contribution in [0.15, 0.2) is 17.1 Å². The number of unbranched alkanes of at least 4 members (excludes halogenated alkanes) is 13. The van der Waals surface area contributed by atoms with Crippen LogP contribution in [0.25, 0.3) is 0 Å². The third kappa shape index (κ3) is 11.7. The second kappa shape index (κ2) is 13.5. The molecule has 0 radical (unpaired) electrons. The Bertz CT molecular complexity index is 357. The summed E-state index contributed by atoms with van der Waals surface area (Å²) in [5, 5.41) is 0. The van der Waals surface area contributed by atoms with Crippen LogP contribution in [-0.2, 0) is 4.74 Å². The zero-order chi connectivity index (χ0) is 17.5. The van der Waals surface area contributed by atoms with Gasteiger partial charge in [-0.15, -0.1) is 0 Å². The van der Waals surface area contributed by atoms with Crippen LogP contribution in [0, 0.1) is 0 Å². The largest absolute Gasteiger partial charge is 0.475 e. The molecule has 0 unspecified atom stereocenters. The van der Waals surface area contributed by atoms with Gasteiger partial charge in [0.25, 0.3) is 0 Å². The molecule has 140 valence electrons. The molecule has 0 saturated heterocycles. The van der Waals surface area contributed by atoms with E-state index in [0.717, 1.165) is 12.3 Å². The summed E-state index contributed by atoms with van der Waals surface area (Å²) in [6.45, 7) is 7.22. The highest BCUT2D eigenvalue weighted by Crippen LogP contribution is 2.17. The predicted molar refractivity (Wildman–Crippen MR) is 107 cm³/mol. The minimum Gasteiger partial charge on any atom is -0.475 e. The number of rotatable bonds is 15. The van der Waals surface area contributed by atoms with E-state index in [9.17, 15) is 0 Å². The van der Waals surface area contributed by atoms with E-state index >= 15 is 0 Å². The van der Waals surface area contributed by atoms with Gasteiger partial charge < -0.3 is 4.74 Å². The molecule has 2 heteroatoms. The molecule has 1 heterocycles. The average molecular weight is 336 g/mol. The van der Waals surface area contributed by atoms with Crippen molar-refractivity contribution in [3.8, 4) is 0 Å². The van der Waals surface area contributed by atoms with Gasteiger partial charge in [0.15, 0.2) is 0 Å². The summed E-state index contributed by atoms with van der Waals surface area (Å²) in [6, 6.07) is 0. The normalized spacial score (nSPS) is 16.5. The molecule has 0 bridgehead atoms. The summed E-state index contributed by atoms with van der Waals surface area (Å²) in [5.41, 5.74) is -0.0326. The first-order valence-electron chi connectivity index (χ1n) is 10.5. The Morgan fingerprint density at radius 1 is 0.833 bits per heavy atom. The average Bonchev–Trinajstić information content (AvgIpc) is 2.90. The van der Waals surface area contributed by atoms with Gasteiger partial charge in [-0.2, -0.15) is 0 Å². The Balaban J connectivity index is 1.80. The highest BCUT2D eigenvalue weighted by Gasteiger charge is 2.24. The number of hydrogen-bond acceptors (Lipinski definition) is 2. The van der Waals surface area contributed by atoms with Crippen LogP contribution in [0.3, 0.4) is 0 Å². The minimum atomic E-state index is -0.0326. The van der Waals surface area contributed by atoms with Crippen LogP contribution < -0.4 is 0 Å². The molecule has 0 aromatic rings. The van der Waals surface area contributed by atoms with Crippen molar-refractivity contribution in [1.29, 1.82) is 0 Å². The quantitative estimate of drug-likeness (QED) is 0.289. The molecular formula is C22H41NO. The van der Waals surface area contributed by atoms with Crippen molar-refractivity contribution in [1.82, 2.24) is 0 Å². The first-order chi connectivity index (χ1) is 11.6. The van der Waals surface area contributed by atoms with E-state index in [2.05, 4.69) is 37.9 Å². The summed E-state index contributed by atoms with van der Waals surface area (Å²) in [4.78, 5) is 4.53. The Hall–Kier alpha value is -0.790. The van der Waals surface area contributed by atoms with Crippen LogP contribution in [0.2, 0.25) is 0 Å². The molecule has 0 saturated carbocycles. The van der Waals surface area contributed by atoms with Gasteiger partial charge in [0.1, 0.15) is 6.61 Å². The number of aliphatic imine (C=N–C) groups is 1. The Kier molecular flexibility index (Phi) is 12.0. The second-order valence-electron chi connectivity index (χ2n) is 7.98. The van der Waals surface area contributed by atoms with Crippen LogP contribution in [0.5, 0.6) is 0 Å². The first kappa shape index (κ1) is 21.3. The lowest BCUT2D eigenvalue weighted by Crippen LogP contribution is -2.17. The van der Waals surface area contributed by atoms with Gasteiger partial charge in [-0.1, -0.05) is 90.0 Å². The maximum Gasteiger partial charge on any atom is 0.208 e. The van der Waals surface area contributed by atoms with Crippen LogP contribution in [0.1, 0.15) is 111 Å². The van der Waals surface area contributed by atoms with Crippen molar-refractivity contribution in [2.45, 2.75) is 116 Å². The maximum absolute atomic E-state index is 5.55. The number of hydrogen-bond donors (Lipinski definition) is 0. The van der Waals surface area contributed by atoms with Gasteiger partial charge >= 0.3 is 0 Å². The second-order valence-corrected chi connectivity index (χ2v) is 7.98. The SMILES string of the molecule is CCCCCCCCCCCCCCC/C=C/C1=NC(C)(C)CO1. The summed E-state index contributed by atoms with van der Waals surface area (Å²) in [7, 11) is 0. The van der Waals surface area contributed by atoms with Gasteiger partial charge in [-0.3, -0.25) is 0 Å². The van der Waals surface area contributed by atoms with Crippen LogP contribution in [0.4, 0.5) is 0 Å². The van der Waals surface area contributed by atoms with E-state index in [-0.39, 0.29) is 5.54 Å². The van der Waals surface area contributed by atoms with Gasteiger partial charge in [-0.25, -0.2) is 4.99 Å². The molecule has 0 atom stereocenters. The summed E-state index contributed by atoms with van der Waals surface area (Å²) < 4.78 is 5.55. The van der Waals surface area contributed by atoms with Crippen LogP contribution in [-0.4, -0.2) is 18.0 Å². The maximum atomic E-state index is 5.55. The zero-order valence-electron chi connectivity index (χ0n) is 16.6. The lowest BCUT2D eigenvalue weighted by molar-refractivity contribution is 0.280. The smallest absolute Gasteiger partial charge is 0.208 e. The fourth-order valence-corrected chi connectivity index (χ4v) is 3.16. The lowest BCUT2D eigenvalue weighted by Gasteiger charge is -2.07. The van der Waals surface area contributed by atoms with Crippen LogP contribution >= 0.6 is 0 Å². The molecule has 24 heavy (non-hydrogen) atoms. The topological polar surface area (TPSA) is 21.6 Å². The minimum absolute atomic E-state index is 0.0326. The molecule has 1 aliphatic heterocycles. The fourth-order valence-electron chi connectivity index (χ4n) is 3.16. The molecule has 0 aliphatic carbocycles. The molecule has 0 spiro atoms. The van der Waals surface area contributed by atoms with Crippen molar-refractivity contribution >= 4 is 5.90 Å². The monoisotopic (exact) mass is 335 g/mol.